The predicted octanol–water partition coefficient (Wildman–Crippen LogP) is 2.12. The first-order chi connectivity index (χ1) is 4.20. The van der Waals surface area contributed by atoms with E-state index in [1.807, 2.05) is 17.7 Å². The maximum atomic E-state index is 11.0. The summed E-state index contributed by atoms with van der Waals surface area (Å²) in [5.74, 6) is 0.409. The molecular formula is C6H10OS2. The van der Waals surface area contributed by atoms with E-state index in [1.54, 1.807) is 10.8 Å². The molecule has 0 bridgehead atoms. The molecule has 1 fully saturated rings. The topological polar surface area (TPSA) is 17.1 Å². The fourth-order valence-electron chi connectivity index (χ4n) is 0.715. The van der Waals surface area contributed by atoms with Crippen molar-refractivity contribution in [1.29, 1.82) is 0 Å². The molecule has 52 valence electrons. The van der Waals surface area contributed by atoms with Gasteiger partial charge in [-0.1, -0.05) is 28.5 Å². The van der Waals surface area contributed by atoms with Crippen molar-refractivity contribution in [2.75, 3.05) is 0 Å². The van der Waals surface area contributed by atoms with Crippen LogP contribution in [0.3, 0.4) is 0 Å². The normalized spacial score (nSPS) is 36.9. The highest BCUT2D eigenvalue weighted by molar-refractivity contribution is 8.77. The van der Waals surface area contributed by atoms with Crippen LogP contribution in [0.15, 0.2) is 0 Å². The molecule has 1 saturated heterocycles. The lowest BCUT2D eigenvalue weighted by Crippen LogP contribution is -2.20. The van der Waals surface area contributed by atoms with Gasteiger partial charge in [0.1, 0.15) is 5.78 Å². The number of ketones is 1. The van der Waals surface area contributed by atoms with Gasteiger partial charge in [-0.2, -0.15) is 0 Å². The molecule has 1 aliphatic rings. The van der Waals surface area contributed by atoms with Gasteiger partial charge in [-0.25, -0.2) is 0 Å². The summed E-state index contributed by atoms with van der Waals surface area (Å²) >= 11 is 0. The predicted molar refractivity (Wildman–Crippen MR) is 43.7 cm³/mol. The Hall–Kier alpha value is 0.370. The highest BCUT2D eigenvalue weighted by Gasteiger charge is 2.23. The van der Waals surface area contributed by atoms with Gasteiger partial charge in [0.15, 0.2) is 0 Å². The van der Waals surface area contributed by atoms with Gasteiger partial charge >= 0.3 is 0 Å². The molecule has 3 heteroatoms. The molecule has 0 aromatic heterocycles. The molecule has 1 heterocycles. The van der Waals surface area contributed by atoms with Crippen molar-refractivity contribution in [3.8, 4) is 0 Å². The molecule has 0 N–H and O–H groups in total. The van der Waals surface area contributed by atoms with Crippen LogP contribution in [0.5, 0.6) is 0 Å². The van der Waals surface area contributed by atoms with Crippen molar-refractivity contribution in [3.05, 3.63) is 0 Å². The average Bonchev–Trinajstić information content (AvgIpc) is 1.80. The quantitative estimate of drug-likeness (QED) is 0.508. The maximum absolute atomic E-state index is 11.0. The molecule has 1 rings (SSSR count). The molecule has 0 aliphatic carbocycles. The van der Waals surface area contributed by atoms with Crippen LogP contribution >= 0.6 is 21.6 Å². The van der Waals surface area contributed by atoms with Crippen molar-refractivity contribution in [2.45, 2.75) is 30.8 Å². The lowest BCUT2D eigenvalue weighted by atomic mass is 10.2. The zero-order chi connectivity index (χ0) is 6.85. The van der Waals surface area contributed by atoms with Gasteiger partial charge in [0.25, 0.3) is 0 Å². The zero-order valence-corrected chi connectivity index (χ0v) is 7.22. The molecule has 1 nitrogen and oxygen atoms in total. The van der Waals surface area contributed by atoms with E-state index in [1.165, 1.54) is 0 Å². The van der Waals surface area contributed by atoms with Crippen LogP contribution in [0.4, 0.5) is 0 Å². The Kier molecular flexibility index (Phi) is 2.47. The third kappa shape index (κ3) is 1.90. The molecule has 0 aromatic rings. The van der Waals surface area contributed by atoms with Gasteiger partial charge in [-0.3, -0.25) is 4.79 Å². The first-order valence-corrected chi connectivity index (χ1v) is 5.32. The Morgan fingerprint density at radius 3 is 2.56 bits per heavy atom. The minimum absolute atomic E-state index is 0.228. The van der Waals surface area contributed by atoms with Crippen molar-refractivity contribution >= 4 is 27.4 Å². The maximum Gasteiger partial charge on any atom is 0.147 e. The van der Waals surface area contributed by atoms with Crippen LogP contribution in [0, 0.1) is 0 Å². The zero-order valence-electron chi connectivity index (χ0n) is 5.59. The third-order valence-electron chi connectivity index (χ3n) is 1.31. The lowest BCUT2D eigenvalue weighted by molar-refractivity contribution is -0.118. The summed E-state index contributed by atoms with van der Waals surface area (Å²) in [4.78, 5) is 11.0. The minimum atomic E-state index is 0.228. The van der Waals surface area contributed by atoms with Gasteiger partial charge in [0, 0.05) is 11.7 Å². The number of hydrogen-bond acceptors (Lipinski definition) is 3. The molecular weight excluding hydrogens is 152 g/mol. The van der Waals surface area contributed by atoms with Crippen LogP contribution < -0.4 is 0 Å². The van der Waals surface area contributed by atoms with Gasteiger partial charge in [0.05, 0.1) is 5.25 Å². The fourth-order valence-corrected chi connectivity index (χ4v) is 3.10. The van der Waals surface area contributed by atoms with E-state index in [-0.39, 0.29) is 5.25 Å². The number of hydrogen-bond donors (Lipinski definition) is 0. The van der Waals surface area contributed by atoms with Crippen molar-refractivity contribution < 1.29 is 4.79 Å². The Morgan fingerprint density at radius 1 is 1.44 bits per heavy atom. The second-order valence-electron chi connectivity index (χ2n) is 2.32. The molecule has 2 unspecified atom stereocenters. The summed E-state index contributed by atoms with van der Waals surface area (Å²) < 4.78 is 0. The average molecular weight is 162 g/mol. The van der Waals surface area contributed by atoms with Crippen molar-refractivity contribution in [2.24, 2.45) is 0 Å². The van der Waals surface area contributed by atoms with Crippen LogP contribution in [0.25, 0.3) is 0 Å². The van der Waals surface area contributed by atoms with Gasteiger partial charge < -0.3 is 0 Å². The molecule has 0 spiro atoms. The number of Topliss-reactive ketones (excluding diaryl/α,β-unsaturated/α-hetero) is 1. The molecule has 1 aliphatic heterocycles. The second kappa shape index (κ2) is 2.97. The summed E-state index contributed by atoms with van der Waals surface area (Å²) in [6.45, 7) is 4.08. The summed E-state index contributed by atoms with van der Waals surface area (Å²) in [7, 11) is 3.53. The van der Waals surface area contributed by atoms with E-state index in [4.69, 9.17) is 0 Å². The van der Waals surface area contributed by atoms with Crippen molar-refractivity contribution in [3.63, 3.8) is 0 Å². The standard InChI is InChI=1S/C6H10OS2/c1-4-3-6(7)5(2)9-8-4/h4-5H,3H2,1-2H3. The highest BCUT2D eigenvalue weighted by Crippen LogP contribution is 2.38. The van der Waals surface area contributed by atoms with Crippen LogP contribution in [0.1, 0.15) is 20.3 Å². The number of carbonyl (C=O) groups excluding carboxylic acids is 1. The second-order valence-corrected chi connectivity index (χ2v) is 5.37. The first-order valence-electron chi connectivity index (χ1n) is 3.05. The summed E-state index contributed by atoms with van der Waals surface area (Å²) in [5.41, 5.74) is 0. The molecule has 0 amide bonds. The third-order valence-corrected chi connectivity index (χ3v) is 4.65. The number of rotatable bonds is 0. The summed E-state index contributed by atoms with van der Waals surface area (Å²) in [6.07, 6.45) is 0.763. The highest BCUT2D eigenvalue weighted by atomic mass is 33.1. The Bertz CT molecular complexity index is 124. The van der Waals surface area contributed by atoms with E-state index >= 15 is 0 Å². The fraction of sp³-hybridized carbons (Fsp3) is 0.833. The Balaban J connectivity index is 2.44. The van der Waals surface area contributed by atoms with E-state index in [0.29, 0.717) is 11.0 Å². The van der Waals surface area contributed by atoms with Crippen LogP contribution in [-0.4, -0.2) is 16.3 Å². The molecule has 0 aromatic carbocycles. The van der Waals surface area contributed by atoms with Gasteiger partial charge in [-0.05, 0) is 6.92 Å². The summed E-state index contributed by atoms with van der Waals surface area (Å²) in [5, 5.41) is 0.755. The van der Waals surface area contributed by atoms with Crippen LogP contribution in [0.2, 0.25) is 0 Å². The van der Waals surface area contributed by atoms with E-state index in [2.05, 4.69) is 6.92 Å². The molecule has 9 heavy (non-hydrogen) atoms. The number of carbonyl (C=O) groups is 1. The molecule has 0 saturated carbocycles. The first kappa shape index (κ1) is 7.48. The lowest BCUT2D eigenvalue weighted by Gasteiger charge is -2.19. The van der Waals surface area contributed by atoms with E-state index in [9.17, 15) is 4.79 Å². The van der Waals surface area contributed by atoms with Crippen LogP contribution in [-0.2, 0) is 4.79 Å². The van der Waals surface area contributed by atoms with E-state index in [0.717, 1.165) is 6.42 Å². The smallest absolute Gasteiger partial charge is 0.147 e. The van der Waals surface area contributed by atoms with Gasteiger partial charge in [0.2, 0.25) is 0 Å². The molecule has 0 radical (unpaired) electrons. The Morgan fingerprint density at radius 2 is 2.11 bits per heavy atom. The largest absolute Gasteiger partial charge is 0.298 e. The summed E-state index contributed by atoms with van der Waals surface area (Å²) in [6, 6.07) is 0. The van der Waals surface area contributed by atoms with Gasteiger partial charge in [-0.15, -0.1) is 0 Å². The SMILES string of the molecule is CC1CC(=O)C(C)SS1. The molecule has 2 atom stereocenters. The van der Waals surface area contributed by atoms with E-state index < -0.39 is 0 Å². The minimum Gasteiger partial charge on any atom is -0.298 e. The monoisotopic (exact) mass is 162 g/mol. The van der Waals surface area contributed by atoms with Crippen molar-refractivity contribution in [1.82, 2.24) is 0 Å². The Labute approximate surface area is 63.4 Å².